The van der Waals surface area contributed by atoms with E-state index >= 15 is 0 Å². The quantitative estimate of drug-likeness (QED) is 0.216. The molecule has 1 heterocycles. The molecule has 0 unspecified atom stereocenters. The van der Waals surface area contributed by atoms with Gasteiger partial charge in [-0.05, 0) is 23.6 Å². The Morgan fingerprint density at radius 3 is 2.37 bits per heavy atom. The van der Waals surface area contributed by atoms with Crippen LogP contribution in [0.1, 0.15) is 18.7 Å². The summed E-state index contributed by atoms with van der Waals surface area (Å²) in [7, 11) is -1.78. The number of aliphatic imine (C=N–C) groups is 1. The van der Waals surface area contributed by atoms with Gasteiger partial charge in [-0.3, -0.25) is 4.99 Å². The molecule has 0 atom stereocenters. The number of benzene rings is 1. The van der Waals surface area contributed by atoms with E-state index in [2.05, 4.69) is 45.6 Å². The van der Waals surface area contributed by atoms with Crippen LogP contribution in [-0.4, -0.2) is 41.1 Å². The molecule has 150 valence electrons. The Morgan fingerprint density at radius 2 is 1.78 bits per heavy atom. The number of guanidine groups is 1. The molecule has 27 heavy (non-hydrogen) atoms. The minimum absolute atomic E-state index is 0. The fourth-order valence-electron chi connectivity index (χ4n) is 2.33. The molecule has 9 heteroatoms. The smallest absolute Gasteiger partial charge is 0.240 e. The van der Waals surface area contributed by atoms with E-state index in [1.807, 2.05) is 6.07 Å². The monoisotopic (exact) mass is 522 g/mol. The summed E-state index contributed by atoms with van der Waals surface area (Å²) in [6.07, 6.45) is 0. The highest BCUT2D eigenvalue weighted by atomic mass is 127. The average Bonchev–Trinajstić information content (AvgIpc) is 3.17. The molecule has 0 spiro atoms. The van der Waals surface area contributed by atoms with Crippen LogP contribution in [0.15, 0.2) is 57.7 Å². The molecular weight excluding hydrogens is 495 g/mol. The zero-order chi connectivity index (χ0) is 19.0. The molecule has 0 bridgehead atoms. The zero-order valence-electron chi connectivity index (χ0n) is 15.7. The number of nitrogens with zero attached hydrogens (tertiary/aromatic N) is 1. The van der Waals surface area contributed by atoms with Gasteiger partial charge in [-0.25, -0.2) is 13.1 Å². The first-order valence-corrected chi connectivity index (χ1v) is 10.7. The Hall–Kier alpha value is -1.17. The minimum atomic E-state index is -3.48. The van der Waals surface area contributed by atoms with Gasteiger partial charge in [0, 0.05) is 37.0 Å². The molecule has 0 aliphatic carbocycles. The molecule has 0 aliphatic rings. The van der Waals surface area contributed by atoms with Gasteiger partial charge in [0.05, 0.1) is 4.90 Å². The molecule has 3 N–H and O–H groups in total. The molecule has 1 aromatic carbocycles. The maximum Gasteiger partial charge on any atom is 0.240 e. The molecule has 6 nitrogen and oxygen atoms in total. The van der Waals surface area contributed by atoms with E-state index in [1.54, 1.807) is 48.7 Å². The van der Waals surface area contributed by atoms with Crippen LogP contribution < -0.4 is 15.4 Å². The lowest BCUT2D eigenvalue weighted by Gasteiger charge is -2.25. The Bertz CT molecular complexity index is 807. The van der Waals surface area contributed by atoms with Crippen LogP contribution in [0.4, 0.5) is 0 Å². The van der Waals surface area contributed by atoms with Gasteiger partial charge in [0.25, 0.3) is 0 Å². The van der Waals surface area contributed by atoms with Crippen molar-refractivity contribution in [2.45, 2.75) is 24.2 Å². The van der Waals surface area contributed by atoms with Crippen molar-refractivity contribution >= 4 is 51.3 Å². The van der Waals surface area contributed by atoms with Crippen LogP contribution in [0, 0.1) is 0 Å². The third-order valence-electron chi connectivity index (χ3n) is 3.87. The van der Waals surface area contributed by atoms with E-state index in [0.29, 0.717) is 12.5 Å². The van der Waals surface area contributed by atoms with Crippen molar-refractivity contribution in [2.75, 3.05) is 26.7 Å². The van der Waals surface area contributed by atoms with E-state index in [4.69, 9.17) is 0 Å². The molecule has 0 fully saturated rings. The lowest BCUT2D eigenvalue weighted by atomic mass is 9.91. The predicted molar refractivity (Wildman–Crippen MR) is 124 cm³/mol. The van der Waals surface area contributed by atoms with Gasteiger partial charge in [-0.2, -0.15) is 0 Å². The van der Waals surface area contributed by atoms with E-state index in [-0.39, 0.29) is 40.8 Å². The molecule has 1 aromatic heterocycles. The number of nitrogens with one attached hydrogen (secondary N) is 3. The summed E-state index contributed by atoms with van der Waals surface area (Å²) in [4.78, 5) is 5.75. The second kappa shape index (κ2) is 11.0. The second-order valence-electron chi connectivity index (χ2n) is 6.42. The summed E-state index contributed by atoms with van der Waals surface area (Å²) in [6.45, 7) is 5.78. The summed E-state index contributed by atoms with van der Waals surface area (Å²) in [5.41, 5.74) is -0.0132. The van der Waals surface area contributed by atoms with Crippen molar-refractivity contribution in [1.82, 2.24) is 15.4 Å². The molecule has 0 aliphatic heterocycles. The second-order valence-corrected chi connectivity index (χ2v) is 9.14. The third-order valence-corrected chi connectivity index (χ3v) is 6.59. The van der Waals surface area contributed by atoms with E-state index in [1.165, 1.54) is 4.88 Å². The van der Waals surface area contributed by atoms with Gasteiger partial charge in [0.1, 0.15) is 0 Å². The number of hydrogen-bond donors (Lipinski definition) is 3. The van der Waals surface area contributed by atoms with Crippen molar-refractivity contribution in [3.63, 3.8) is 0 Å². The largest absolute Gasteiger partial charge is 0.356 e. The fourth-order valence-corrected chi connectivity index (χ4v) is 4.23. The Kier molecular flexibility index (Phi) is 9.71. The van der Waals surface area contributed by atoms with Gasteiger partial charge < -0.3 is 10.6 Å². The van der Waals surface area contributed by atoms with Crippen molar-refractivity contribution in [3.8, 4) is 0 Å². The van der Waals surface area contributed by atoms with Crippen LogP contribution in [0.2, 0.25) is 0 Å². The zero-order valence-corrected chi connectivity index (χ0v) is 19.7. The molecule has 0 amide bonds. The molecular formula is C18H27IN4O2S2. The maximum atomic E-state index is 12.2. The van der Waals surface area contributed by atoms with Crippen molar-refractivity contribution < 1.29 is 8.42 Å². The van der Waals surface area contributed by atoms with Crippen LogP contribution >= 0.6 is 35.3 Å². The number of thiophene rings is 1. The highest BCUT2D eigenvalue weighted by molar-refractivity contribution is 14.0. The van der Waals surface area contributed by atoms with E-state index in [9.17, 15) is 8.42 Å². The number of halogens is 1. The van der Waals surface area contributed by atoms with Crippen molar-refractivity contribution in [1.29, 1.82) is 0 Å². The topological polar surface area (TPSA) is 82.6 Å². The Balaban J connectivity index is 0.00000364. The number of hydrogen-bond acceptors (Lipinski definition) is 4. The maximum absolute atomic E-state index is 12.2. The van der Waals surface area contributed by atoms with Crippen LogP contribution in [0.25, 0.3) is 0 Å². The normalized spacial score (nSPS) is 12.3. The molecule has 0 radical (unpaired) electrons. The van der Waals surface area contributed by atoms with Crippen LogP contribution in [0.5, 0.6) is 0 Å². The predicted octanol–water partition coefficient (Wildman–Crippen LogP) is 2.79. The van der Waals surface area contributed by atoms with Gasteiger partial charge in [-0.1, -0.05) is 38.1 Å². The first kappa shape index (κ1) is 23.9. The lowest BCUT2D eigenvalue weighted by Crippen LogP contribution is -2.45. The molecule has 2 aromatic rings. The number of sulfonamides is 1. The van der Waals surface area contributed by atoms with Gasteiger partial charge in [-0.15, -0.1) is 35.3 Å². The summed E-state index contributed by atoms with van der Waals surface area (Å²) in [5.74, 6) is 0.647. The van der Waals surface area contributed by atoms with E-state index in [0.717, 1.165) is 6.54 Å². The molecule has 0 saturated heterocycles. The first-order valence-electron chi connectivity index (χ1n) is 8.38. The highest BCUT2D eigenvalue weighted by Crippen LogP contribution is 2.26. The van der Waals surface area contributed by atoms with Crippen molar-refractivity contribution in [2.24, 2.45) is 4.99 Å². The first-order chi connectivity index (χ1) is 12.3. The average molecular weight is 522 g/mol. The summed E-state index contributed by atoms with van der Waals surface area (Å²) in [5, 5.41) is 8.49. The third kappa shape index (κ3) is 7.40. The van der Waals surface area contributed by atoms with Gasteiger partial charge in [0.2, 0.25) is 10.0 Å². The minimum Gasteiger partial charge on any atom is -0.356 e. The van der Waals surface area contributed by atoms with Gasteiger partial charge >= 0.3 is 0 Å². The standard InChI is InChI=1S/C18H26N4O2S2.HI/c1-18(2,16-10-7-13-25-16)14-21-17(19-3)20-11-12-22-26(23,24)15-8-5-4-6-9-15;/h4-10,13,22H,11-12,14H2,1-3H3,(H2,19,20,21);1H. The highest BCUT2D eigenvalue weighted by Gasteiger charge is 2.21. The molecule has 2 rings (SSSR count). The summed E-state index contributed by atoms with van der Waals surface area (Å²) >= 11 is 1.73. The summed E-state index contributed by atoms with van der Waals surface area (Å²) < 4.78 is 26.9. The fraction of sp³-hybridized carbons (Fsp3) is 0.389. The Labute approximate surface area is 182 Å². The lowest BCUT2D eigenvalue weighted by molar-refractivity contribution is 0.518. The van der Waals surface area contributed by atoms with Crippen LogP contribution in [-0.2, 0) is 15.4 Å². The Morgan fingerprint density at radius 1 is 1.07 bits per heavy atom. The number of rotatable bonds is 8. The van der Waals surface area contributed by atoms with Crippen molar-refractivity contribution in [3.05, 3.63) is 52.7 Å². The molecule has 0 saturated carbocycles. The summed E-state index contributed by atoms with van der Waals surface area (Å²) in [6, 6.07) is 12.5. The van der Waals surface area contributed by atoms with Gasteiger partial charge in [0.15, 0.2) is 5.96 Å². The van der Waals surface area contributed by atoms with E-state index < -0.39 is 10.0 Å². The van der Waals surface area contributed by atoms with Crippen LogP contribution in [0.3, 0.4) is 0 Å². The SMILES string of the molecule is CN=C(NCCNS(=O)(=O)c1ccccc1)NCC(C)(C)c1cccs1.I.